The molecule has 2 atom stereocenters. The molecule has 0 spiro atoms. The lowest BCUT2D eigenvalue weighted by molar-refractivity contribution is 0.0561. The highest BCUT2D eigenvalue weighted by atomic mass is 35.5. The molecule has 0 bridgehead atoms. The predicted octanol–water partition coefficient (Wildman–Crippen LogP) is 3.42. The standard InChI is InChI=1S/C19H24ClN5O.ClH/c1-12-8-9-24(14(10-12)11-21)19(26)17-22-18(13-6-7-13)25(23-17)16-5-3-2-4-15(16)20;/h2-5,12-14H,6-11,21H2,1H3;1H. The third-order valence-corrected chi connectivity index (χ3v) is 5.68. The number of likely N-dealkylation sites (tertiary alicyclic amines) is 1. The average Bonchev–Trinajstić information content (AvgIpc) is 3.40. The van der Waals surface area contributed by atoms with Crippen LogP contribution in [0.1, 0.15) is 55.0 Å². The summed E-state index contributed by atoms with van der Waals surface area (Å²) in [7, 11) is 0. The maximum absolute atomic E-state index is 13.1. The van der Waals surface area contributed by atoms with Gasteiger partial charge in [0.1, 0.15) is 5.82 Å². The zero-order valence-electron chi connectivity index (χ0n) is 15.3. The first-order valence-electron chi connectivity index (χ1n) is 9.31. The van der Waals surface area contributed by atoms with Crippen LogP contribution >= 0.6 is 24.0 Å². The van der Waals surface area contributed by atoms with Crippen molar-refractivity contribution in [3.63, 3.8) is 0 Å². The Morgan fingerprint density at radius 2 is 2.04 bits per heavy atom. The highest BCUT2D eigenvalue weighted by Gasteiger charge is 2.35. The van der Waals surface area contributed by atoms with Crippen LogP contribution in [0.25, 0.3) is 5.69 Å². The van der Waals surface area contributed by atoms with Crippen LogP contribution in [0.15, 0.2) is 24.3 Å². The molecule has 8 heteroatoms. The molecule has 2 fully saturated rings. The van der Waals surface area contributed by atoms with Crippen molar-refractivity contribution < 1.29 is 4.79 Å². The lowest BCUT2D eigenvalue weighted by atomic mass is 9.92. The third kappa shape index (κ3) is 3.98. The first-order valence-corrected chi connectivity index (χ1v) is 9.69. The molecule has 1 amide bonds. The summed E-state index contributed by atoms with van der Waals surface area (Å²) in [6.07, 6.45) is 4.07. The fourth-order valence-electron chi connectivity index (χ4n) is 3.69. The minimum Gasteiger partial charge on any atom is -0.332 e. The van der Waals surface area contributed by atoms with Gasteiger partial charge in [-0.3, -0.25) is 4.79 Å². The summed E-state index contributed by atoms with van der Waals surface area (Å²) in [5.74, 6) is 1.89. The van der Waals surface area contributed by atoms with E-state index in [0.29, 0.717) is 29.9 Å². The summed E-state index contributed by atoms with van der Waals surface area (Å²) in [6.45, 7) is 3.39. The summed E-state index contributed by atoms with van der Waals surface area (Å²) in [6, 6.07) is 7.59. The van der Waals surface area contributed by atoms with Crippen molar-refractivity contribution in [3.05, 3.63) is 40.9 Å². The monoisotopic (exact) mass is 409 g/mol. The number of nitrogens with zero attached hydrogens (tertiary/aromatic N) is 4. The molecular weight excluding hydrogens is 385 g/mol. The number of halogens is 2. The van der Waals surface area contributed by atoms with E-state index in [0.717, 1.165) is 37.2 Å². The van der Waals surface area contributed by atoms with Gasteiger partial charge >= 0.3 is 0 Å². The van der Waals surface area contributed by atoms with E-state index in [1.54, 1.807) is 4.68 Å². The zero-order chi connectivity index (χ0) is 18.3. The molecule has 2 unspecified atom stereocenters. The van der Waals surface area contributed by atoms with Crippen LogP contribution in [0.2, 0.25) is 5.02 Å². The molecule has 0 radical (unpaired) electrons. The smallest absolute Gasteiger partial charge is 0.293 e. The van der Waals surface area contributed by atoms with Gasteiger partial charge in [0, 0.05) is 25.0 Å². The van der Waals surface area contributed by atoms with Gasteiger partial charge in [0.15, 0.2) is 0 Å². The van der Waals surface area contributed by atoms with Gasteiger partial charge in [-0.05, 0) is 43.7 Å². The molecule has 1 saturated carbocycles. The van der Waals surface area contributed by atoms with Crippen LogP contribution in [0.5, 0.6) is 0 Å². The quantitative estimate of drug-likeness (QED) is 0.838. The molecule has 1 aliphatic heterocycles. The fourth-order valence-corrected chi connectivity index (χ4v) is 3.91. The molecule has 2 heterocycles. The highest BCUT2D eigenvalue weighted by molar-refractivity contribution is 6.32. The highest BCUT2D eigenvalue weighted by Crippen LogP contribution is 2.40. The van der Waals surface area contributed by atoms with E-state index in [4.69, 9.17) is 17.3 Å². The number of para-hydroxylation sites is 1. The molecule has 27 heavy (non-hydrogen) atoms. The van der Waals surface area contributed by atoms with E-state index in [1.807, 2.05) is 29.2 Å². The Hall–Kier alpha value is -1.63. The Kier molecular flexibility index (Phi) is 6.08. The van der Waals surface area contributed by atoms with Crippen LogP contribution in [0.3, 0.4) is 0 Å². The Bertz CT molecular complexity index is 820. The van der Waals surface area contributed by atoms with Crippen molar-refractivity contribution in [2.45, 2.75) is 44.6 Å². The number of carbonyl (C=O) groups excluding carboxylic acids is 1. The van der Waals surface area contributed by atoms with E-state index >= 15 is 0 Å². The Balaban J connectivity index is 0.00000210. The topological polar surface area (TPSA) is 77.0 Å². The molecule has 4 rings (SSSR count). The van der Waals surface area contributed by atoms with Gasteiger partial charge in [-0.25, -0.2) is 9.67 Å². The predicted molar refractivity (Wildman–Crippen MR) is 108 cm³/mol. The zero-order valence-corrected chi connectivity index (χ0v) is 16.9. The van der Waals surface area contributed by atoms with Crippen molar-refractivity contribution in [1.29, 1.82) is 0 Å². The Labute approximate surface area is 170 Å². The maximum atomic E-state index is 13.1. The number of hydrogen-bond acceptors (Lipinski definition) is 4. The summed E-state index contributed by atoms with van der Waals surface area (Å²) < 4.78 is 1.75. The molecule has 1 saturated heterocycles. The van der Waals surface area contributed by atoms with Crippen molar-refractivity contribution >= 4 is 29.9 Å². The van der Waals surface area contributed by atoms with Crippen LogP contribution in [0.4, 0.5) is 0 Å². The number of aromatic nitrogens is 3. The molecule has 2 N–H and O–H groups in total. The lowest BCUT2D eigenvalue weighted by Crippen LogP contribution is -2.49. The summed E-state index contributed by atoms with van der Waals surface area (Å²) in [5, 5.41) is 5.16. The summed E-state index contributed by atoms with van der Waals surface area (Å²) in [4.78, 5) is 19.6. The normalized spacial score (nSPS) is 22.4. The van der Waals surface area contributed by atoms with Crippen molar-refractivity contribution in [1.82, 2.24) is 19.7 Å². The molecule has 2 aromatic rings. The van der Waals surface area contributed by atoms with Crippen LogP contribution in [0, 0.1) is 5.92 Å². The number of rotatable bonds is 4. The largest absolute Gasteiger partial charge is 0.332 e. The van der Waals surface area contributed by atoms with E-state index in [2.05, 4.69) is 17.0 Å². The fraction of sp³-hybridized carbons (Fsp3) is 0.526. The first-order chi connectivity index (χ1) is 12.6. The van der Waals surface area contributed by atoms with E-state index in [9.17, 15) is 4.79 Å². The van der Waals surface area contributed by atoms with Crippen molar-refractivity contribution in [2.24, 2.45) is 11.7 Å². The second-order valence-electron chi connectivity index (χ2n) is 7.45. The minimum atomic E-state index is -0.125. The van der Waals surface area contributed by atoms with E-state index < -0.39 is 0 Å². The second kappa shape index (κ2) is 8.17. The summed E-state index contributed by atoms with van der Waals surface area (Å²) >= 11 is 6.35. The molecule has 1 aromatic heterocycles. The molecule has 6 nitrogen and oxygen atoms in total. The number of carbonyl (C=O) groups is 1. The van der Waals surface area contributed by atoms with Gasteiger partial charge in [-0.15, -0.1) is 17.5 Å². The number of amides is 1. The van der Waals surface area contributed by atoms with Gasteiger partial charge in [-0.2, -0.15) is 0 Å². The number of nitrogens with two attached hydrogens (primary N) is 1. The second-order valence-corrected chi connectivity index (χ2v) is 7.86. The van der Waals surface area contributed by atoms with Gasteiger partial charge in [0.05, 0.1) is 10.7 Å². The summed E-state index contributed by atoms with van der Waals surface area (Å²) in [5.41, 5.74) is 6.69. The Morgan fingerprint density at radius 3 is 2.70 bits per heavy atom. The molecular formula is C19H25Cl2N5O. The number of hydrogen-bond donors (Lipinski definition) is 1. The molecule has 1 aliphatic carbocycles. The minimum absolute atomic E-state index is 0. The number of piperidine rings is 1. The van der Waals surface area contributed by atoms with E-state index in [-0.39, 0.29) is 30.2 Å². The Morgan fingerprint density at radius 1 is 1.30 bits per heavy atom. The maximum Gasteiger partial charge on any atom is 0.293 e. The molecule has 2 aliphatic rings. The third-order valence-electron chi connectivity index (χ3n) is 5.36. The van der Waals surface area contributed by atoms with Crippen LogP contribution in [-0.4, -0.2) is 44.7 Å². The average molecular weight is 410 g/mol. The van der Waals surface area contributed by atoms with Gasteiger partial charge in [0.25, 0.3) is 5.91 Å². The first kappa shape index (κ1) is 20.1. The number of benzene rings is 1. The van der Waals surface area contributed by atoms with Gasteiger partial charge in [-0.1, -0.05) is 30.7 Å². The molecule has 146 valence electrons. The van der Waals surface area contributed by atoms with Crippen LogP contribution < -0.4 is 5.73 Å². The van der Waals surface area contributed by atoms with Crippen molar-refractivity contribution in [2.75, 3.05) is 13.1 Å². The van der Waals surface area contributed by atoms with E-state index in [1.165, 1.54) is 0 Å². The lowest BCUT2D eigenvalue weighted by Gasteiger charge is -2.37. The van der Waals surface area contributed by atoms with Gasteiger partial charge < -0.3 is 10.6 Å². The van der Waals surface area contributed by atoms with Gasteiger partial charge in [0.2, 0.25) is 5.82 Å². The molecule has 1 aromatic carbocycles. The van der Waals surface area contributed by atoms with Crippen LogP contribution in [-0.2, 0) is 0 Å². The van der Waals surface area contributed by atoms with Crippen molar-refractivity contribution in [3.8, 4) is 5.69 Å². The SMILES string of the molecule is CC1CCN(C(=O)c2nc(C3CC3)n(-c3ccccc3Cl)n2)C(CN)C1.Cl.